The maximum atomic E-state index is 12.5. The van der Waals surface area contributed by atoms with Gasteiger partial charge in [0.05, 0.1) is 17.5 Å². The highest BCUT2D eigenvalue weighted by Crippen LogP contribution is 2.34. The van der Waals surface area contributed by atoms with Gasteiger partial charge in [-0.05, 0) is 46.8 Å². The summed E-state index contributed by atoms with van der Waals surface area (Å²) in [7, 11) is -4.09. The fraction of sp³-hybridized carbons (Fsp3) is 0.556. The quantitative estimate of drug-likeness (QED) is 0.775. The first-order chi connectivity index (χ1) is 12.2. The van der Waals surface area contributed by atoms with Gasteiger partial charge in [-0.2, -0.15) is 8.42 Å². The van der Waals surface area contributed by atoms with Crippen LogP contribution in [0.1, 0.15) is 39.7 Å². The third-order valence-electron chi connectivity index (χ3n) is 4.25. The number of carboxylic acids is 1. The summed E-state index contributed by atoms with van der Waals surface area (Å²) in [6.45, 7) is 7.95. The summed E-state index contributed by atoms with van der Waals surface area (Å²) in [6, 6.07) is 6.11. The first kappa shape index (κ1) is 21.2. The second-order valence-corrected chi connectivity index (χ2v) is 9.43. The zero-order chi connectivity index (χ0) is 20.6. The molecule has 1 N–H and O–H groups in total. The third kappa shape index (κ3) is 4.78. The van der Waals surface area contributed by atoms with Gasteiger partial charge in [0.2, 0.25) is 0 Å². The minimum Gasteiger partial charge on any atom is -0.480 e. The average molecular weight is 399 g/mol. The van der Waals surface area contributed by atoms with E-state index in [1.54, 1.807) is 32.9 Å². The SMILES string of the molecule is Cc1ccc(S(=O)(=O)O[C@H]2CN(C(=O)OC(C)(C)C)[C@@](C)(C(=O)O)C2)cc1. The normalized spacial score (nSPS) is 23.3. The number of rotatable bonds is 4. The Bertz CT molecular complexity index is 826. The number of benzene rings is 1. The highest BCUT2D eigenvalue weighted by Gasteiger charge is 2.53. The van der Waals surface area contributed by atoms with Gasteiger partial charge < -0.3 is 9.84 Å². The molecular weight excluding hydrogens is 374 g/mol. The molecule has 27 heavy (non-hydrogen) atoms. The summed E-state index contributed by atoms with van der Waals surface area (Å²) in [5.74, 6) is -1.26. The predicted octanol–water partition coefficient (Wildman–Crippen LogP) is 2.55. The first-order valence-corrected chi connectivity index (χ1v) is 9.89. The predicted molar refractivity (Wildman–Crippen MR) is 96.8 cm³/mol. The van der Waals surface area contributed by atoms with Crippen molar-refractivity contribution in [3.05, 3.63) is 29.8 Å². The molecule has 8 nitrogen and oxygen atoms in total. The molecule has 0 aliphatic carbocycles. The Morgan fingerprint density at radius 3 is 2.26 bits per heavy atom. The molecule has 1 amide bonds. The van der Waals surface area contributed by atoms with Crippen molar-refractivity contribution in [3.63, 3.8) is 0 Å². The Morgan fingerprint density at radius 2 is 1.78 bits per heavy atom. The number of amides is 1. The molecule has 1 heterocycles. The van der Waals surface area contributed by atoms with Gasteiger partial charge >= 0.3 is 12.1 Å². The van der Waals surface area contributed by atoms with E-state index in [9.17, 15) is 23.1 Å². The van der Waals surface area contributed by atoms with Gasteiger partial charge in [-0.15, -0.1) is 0 Å². The number of likely N-dealkylation sites (tertiary alicyclic amines) is 1. The van der Waals surface area contributed by atoms with E-state index in [0.717, 1.165) is 10.5 Å². The van der Waals surface area contributed by atoms with E-state index >= 15 is 0 Å². The Balaban J connectivity index is 2.23. The molecule has 2 rings (SSSR count). The van der Waals surface area contributed by atoms with Crippen LogP contribution in [-0.4, -0.2) is 54.3 Å². The number of carboxylic acid groups (broad SMARTS) is 1. The van der Waals surface area contributed by atoms with Crippen LogP contribution in [0, 0.1) is 6.92 Å². The van der Waals surface area contributed by atoms with Crippen LogP contribution in [0.4, 0.5) is 4.79 Å². The molecule has 1 fully saturated rings. The summed E-state index contributed by atoms with van der Waals surface area (Å²) < 4.78 is 35.5. The van der Waals surface area contributed by atoms with Crippen LogP contribution in [0.2, 0.25) is 0 Å². The lowest BCUT2D eigenvalue weighted by molar-refractivity contribution is -0.148. The average Bonchev–Trinajstić information content (AvgIpc) is 2.83. The Hall–Kier alpha value is -2.13. The maximum Gasteiger partial charge on any atom is 0.411 e. The number of ether oxygens (including phenoxy) is 1. The van der Waals surface area contributed by atoms with Crippen LogP contribution in [0.25, 0.3) is 0 Å². The van der Waals surface area contributed by atoms with Crippen LogP contribution in [0.15, 0.2) is 29.2 Å². The van der Waals surface area contributed by atoms with E-state index < -0.39 is 39.4 Å². The van der Waals surface area contributed by atoms with Crippen LogP contribution in [0.5, 0.6) is 0 Å². The molecular formula is C18H25NO7S. The molecule has 1 aliphatic rings. The van der Waals surface area contributed by atoms with Crippen molar-refractivity contribution in [3.8, 4) is 0 Å². The molecule has 1 aromatic carbocycles. The van der Waals surface area contributed by atoms with Crippen molar-refractivity contribution in [1.82, 2.24) is 4.90 Å². The molecule has 1 aromatic rings. The lowest BCUT2D eigenvalue weighted by Crippen LogP contribution is -2.52. The summed E-state index contributed by atoms with van der Waals surface area (Å²) in [5, 5.41) is 9.60. The van der Waals surface area contributed by atoms with Gasteiger partial charge in [0.1, 0.15) is 11.1 Å². The largest absolute Gasteiger partial charge is 0.480 e. The smallest absolute Gasteiger partial charge is 0.411 e. The number of hydrogen-bond acceptors (Lipinski definition) is 6. The molecule has 0 radical (unpaired) electrons. The van der Waals surface area contributed by atoms with Gasteiger partial charge in [0.25, 0.3) is 10.1 Å². The van der Waals surface area contributed by atoms with E-state index in [1.807, 2.05) is 6.92 Å². The lowest BCUT2D eigenvalue weighted by Gasteiger charge is -2.32. The Kier molecular flexibility index (Phi) is 5.58. The molecule has 0 saturated carbocycles. The Labute approximate surface area is 159 Å². The fourth-order valence-electron chi connectivity index (χ4n) is 2.82. The van der Waals surface area contributed by atoms with Crippen molar-refractivity contribution < 1.29 is 32.0 Å². The van der Waals surface area contributed by atoms with Crippen LogP contribution < -0.4 is 0 Å². The monoisotopic (exact) mass is 399 g/mol. The van der Waals surface area contributed by atoms with Crippen molar-refractivity contribution in [2.24, 2.45) is 0 Å². The molecule has 9 heteroatoms. The van der Waals surface area contributed by atoms with Crippen LogP contribution >= 0.6 is 0 Å². The van der Waals surface area contributed by atoms with Crippen molar-refractivity contribution in [2.45, 2.75) is 63.2 Å². The summed E-state index contributed by atoms with van der Waals surface area (Å²) in [5.41, 5.74) is -1.55. The molecule has 150 valence electrons. The number of aliphatic carboxylic acids is 1. The number of aryl methyl sites for hydroxylation is 1. The minimum atomic E-state index is -4.09. The van der Waals surface area contributed by atoms with E-state index in [1.165, 1.54) is 19.1 Å². The second-order valence-electron chi connectivity index (χ2n) is 7.86. The van der Waals surface area contributed by atoms with Crippen molar-refractivity contribution in [2.75, 3.05) is 6.54 Å². The summed E-state index contributed by atoms with van der Waals surface area (Å²) in [4.78, 5) is 25.2. The molecule has 0 aromatic heterocycles. The molecule has 1 saturated heterocycles. The summed E-state index contributed by atoms with van der Waals surface area (Å²) in [6.07, 6.45) is -2.00. The molecule has 0 unspecified atom stereocenters. The van der Waals surface area contributed by atoms with Crippen molar-refractivity contribution in [1.29, 1.82) is 0 Å². The summed E-state index contributed by atoms with van der Waals surface area (Å²) >= 11 is 0. The second kappa shape index (κ2) is 7.12. The Morgan fingerprint density at radius 1 is 1.22 bits per heavy atom. The van der Waals surface area contributed by atoms with Crippen LogP contribution in [-0.2, 0) is 23.8 Å². The number of carbonyl (C=O) groups excluding carboxylic acids is 1. The number of nitrogens with zero attached hydrogens (tertiary/aromatic N) is 1. The van der Waals surface area contributed by atoms with Gasteiger partial charge in [-0.3, -0.25) is 9.08 Å². The molecule has 0 bridgehead atoms. The van der Waals surface area contributed by atoms with E-state index in [0.29, 0.717) is 0 Å². The topological polar surface area (TPSA) is 110 Å². The van der Waals surface area contributed by atoms with Gasteiger partial charge in [0, 0.05) is 6.42 Å². The fourth-order valence-corrected chi connectivity index (χ4v) is 3.89. The minimum absolute atomic E-state index is 0.0270. The standard InChI is InChI=1S/C18H25NO7S/c1-12-6-8-14(9-7-12)27(23,24)26-13-10-18(5,15(20)21)19(11-13)16(22)25-17(2,3)4/h6-9,13H,10-11H2,1-5H3,(H,20,21)/t13-,18-/m1/s1. The molecule has 1 aliphatic heterocycles. The molecule has 0 spiro atoms. The highest BCUT2D eigenvalue weighted by molar-refractivity contribution is 7.86. The zero-order valence-electron chi connectivity index (χ0n) is 16.1. The number of hydrogen-bond donors (Lipinski definition) is 1. The van der Waals surface area contributed by atoms with Crippen molar-refractivity contribution >= 4 is 22.2 Å². The van der Waals surface area contributed by atoms with Gasteiger partial charge in [-0.25, -0.2) is 9.59 Å². The highest BCUT2D eigenvalue weighted by atomic mass is 32.2. The van der Waals surface area contributed by atoms with Gasteiger partial charge in [0.15, 0.2) is 0 Å². The maximum absolute atomic E-state index is 12.5. The number of carbonyl (C=O) groups is 2. The van der Waals surface area contributed by atoms with Crippen LogP contribution in [0.3, 0.4) is 0 Å². The van der Waals surface area contributed by atoms with E-state index in [-0.39, 0.29) is 17.9 Å². The first-order valence-electron chi connectivity index (χ1n) is 8.48. The lowest BCUT2D eigenvalue weighted by atomic mass is 9.99. The van der Waals surface area contributed by atoms with Gasteiger partial charge in [-0.1, -0.05) is 17.7 Å². The third-order valence-corrected chi connectivity index (χ3v) is 5.63. The van der Waals surface area contributed by atoms with E-state index in [2.05, 4.69) is 0 Å². The van der Waals surface area contributed by atoms with E-state index in [4.69, 9.17) is 8.92 Å². The zero-order valence-corrected chi connectivity index (χ0v) is 16.9. The molecule has 2 atom stereocenters.